The predicted molar refractivity (Wildman–Crippen MR) is 587 cm³/mol. The number of hydrogen-bond donors (Lipinski definition) is 5. The maximum atomic E-state index is 12.2. The molecule has 0 unspecified atom stereocenters. The summed E-state index contributed by atoms with van der Waals surface area (Å²) in [6.45, 7) is 18.1. The van der Waals surface area contributed by atoms with E-state index >= 15 is 0 Å². The summed E-state index contributed by atoms with van der Waals surface area (Å²) >= 11 is 36.2. The lowest BCUT2D eigenvalue weighted by Crippen LogP contribution is -2.20. The molecule has 47 heteroatoms. The molecule has 10 aromatic carbocycles. The zero-order valence-electron chi connectivity index (χ0n) is 85.5. The fraction of sp³-hybridized carbons (Fsp3) is 0.262. The number of halogens is 5. The number of nitrogens with one attached hydrogen (secondary N) is 5. The summed E-state index contributed by atoms with van der Waals surface area (Å²) in [7, 11) is 19.0. The van der Waals surface area contributed by atoms with Gasteiger partial charge in [-0.2, -0.15) is 46.8 Å². The molecule has 0 aliphatic rings. The smallest absolute Gasteiger partial charge is 0.264 e. The zero-order valence-corrected chi connectivity index (χ0v) is 93.3. The number of benzene rings is 10. The van der Waals surface area contributed by atoms with Crippen molar-refractivity contribution in [3.8, 4) is 143 Å². The highest BCUT2D eigenvalue weighted by atomic mass is 35.5. The average Bonchev–Trinajstić information content (AvgIpc) is 1.69. The fourth-order valence-corrected chi connectivity index (χ4v) is 16.9. The van der Waals surface area contributed by atoms with Crippen LogP contribution in [0.25, 0.3) is 56.9 Å². The van der Waals surface area contributed by atoms with Crippen LogP contribution >= 0.6 is 116 Å². The highest BCUT2D eigenvalue weighted by Crippen LogP contribution is 2.41. The van der Waals surface area contributed by atoms with Crippen LogP contribution in [0.1, 0.15) is 55.6 Å². The number of carbonyl (C=O) groups is 6. The summed E-state index contributed by atoms with van der Waals surface area (Å²) in [6, 6.07) is 44.8. The molecule has 0 aliphatic carbocycles. The number of aryl methyl sites for hydroxylation is 10. The number of carbonyl (C=O) groups excluding carboxylic acids is 6. The van der Waals surface area contributed by atoms with E-state index in [1.807, 2.05) is 99.6 Å². The first kappa shape index (κ1) is 117. The molecule has 0 atom stereocenters. The normalized spacial score (nSPS) is 10.4. The van der Waals surface area contributed by atoms with Crippen molar-refractivity contribution in [2.75, 3.05) is 145 Å². The molecular formula is C103H107Cl5N16O21S5. The molecule has 5 heterocycles. The Bertz CT molecular complexity index is 6160. The quantitative estimate of drug-likeness (QED) is 0.0228. The molecule has 5 N–H and O–H groups in total. The number of hydrogen-bond acceptors (Lipinski definition) is 36. The lowest BCUT2D eigenvalue weighted by Gasteiger charge is -2.09. The van der Waals surface area contributed by atoms with Crippen molar-refractivity contribution in [2.45, 2.75) is 69.2 Å². The predicted octanol–water partition coefficient (Wildman–Crippen LogP) is 22.3. The number of amides is 6. The minimum atomic E-state index is -0.328. The molecule has 0 fully saturated rings. The van der Waals surface area contributed by atoms with Crippen molar-refractivity contribution in [3.63, 3.8) is 0 Å². The van der Waals surface area contributed by atoms with Crippen LogP contribution in [0.5, 0.6) is 86.2 Å². The van der Waals surface area contributed by atoms with Crippen molar-refractivity contribution in [3.05, 3.63) is 232 Å². The van der Waals surface area contributed by atoms with Gasteiger partial charge in [0.15, 0.2) is 120 Å². The molecule has 0 spiro atoms. The number of anilines is 5. The average molecular weight is 2240 g/mol. The van der Waals surface area contributed by atoms with E-state index < -0.39 is 0 Å². The van der Waals surface area contributed by atoms with Crippen molar-refractivity contribution in [1.29, 1.82) is 0 Å². The summed E-state index contributed by atoms with van der Waals surface area (Å²) in [5.41, 5.74) is 12.7. The summed E-state index contributed by atoms with van der Waals surface area (Å²) < 4.78 is 102. The molecule has 37 nitrogen and oxygen atoms in total. The van der Waals surface area contributed by atoms with Gasteiger partial charge in [-0.1, -0.05) is 58.0 Å². The minimum Gasteiger partial charge on any atom is -0.493 e. The molecule has 0 radical (unpaired) electrons. The third-order valence-corrected chi connectivity index (χ3v) is 26.8. The molecular weight excluding hydrogens is 2130 g/mol. The molecule has 15 aromatic rings. The van der Waals surface area contributed by atoms with Crippen LogP contribution in [0.3, 0.4) is 0 Å². The monoisotopic (exact) mass is 2240 g/mol. The van der Waals surface area contributed by atoms with E-state index in [-0.39, 0.29) is 62.6 Å². The first-order chi connectivity index (χ1) is 71.8. The lowest BCUT2D eigenvalue weighted by atomic mass is 10.1. The van der Waals surface area contributed by atoms with Gasteiger partial charge in [-0.15, -0.1) is 0 Å². The fourth-order valence-electron chi connectivity index (χ4n) is 13.3. The van der Waals surface area contributed by atoms with Gasteiger partial charge in [0.05, 0.1) is 71.1 Å². The number of methoxy groups -OCH3 is 10. The van der Waals surface area contributed by atoms with Crippen molar-refractivity contribution in [2.24, 2.45) is 0 Å². The number of nitrogens with zero attached hydrogens (tertiary/aromatic N) is 11. The summed E-state index contributed by atoms with van der Waals surface area (Å²) in [4.78, 5) is 93.6. The topological polar surface area (TPSA) is 433 Å². The van der Waals surface area contributed by atoms with E-state index in [0.29, 0.717) is 166 Å². The molecule has 790 valence electrons. The van der Waals surface area contributed by atoms with Crippen molar-refractivity contribution < 1.29 is 99.8 Å². The molecule has 6 amide bonds. The van der Waals surface area contributed by atoms with Gasteiger partial charge in [0.2, 0.25) is 32.1 Å². The van der Waals surface area contributed by atoms with Gasteiger partial charge in [0.1, 0.15) is 28.7 Å². The van der Waals surface area contributed by atoms with Crippen LogP contribution in [0.15, 0.2) is 152 Å². The highest BCUT2D eigenvalue weighted by molar-refractivity contribution is 7.11. The Balaban J connectivity index is 0.000000189. The van der Waals surface area contributed by atoms with E-state index in [0.717, 1.165) is 148 Å². The van der Waals surface area contributed by atoms with E-state index in [1.54, 1.807) is 207 Å². The second-order valence-electron chi connectivity index (χ2n) is 32.1. The van der Waals surface area contributed by atoms with Crippen LogP contribution in [0, 0.1) is 69.2 Å². The lowest BCUT2D eigenvalue weighted by molar-refractivity contribution is -0.118. The van der Waals surface area contributed by atoms with Crippen LogP contribution in [0.2, 0.25) is 25.1 Å². The summed E-state index contributed by atoms with van der Waals surface area (Å²) in [5.74, 6) is 9.66. The Morgan fingerprint density at radius 2 is 0.393 bits per heavy atom. The first-order valence-corrected chi connectivity index (χ1v) is 50.5. The maximum absolute atomic E-state index is 12.2. The van der Waals surface area contributed by atoms with Gasteiger partial charge in [0, 0.05) is 125 Å². The number of aromatic nitrogens is 10. The van der Waals surface area contributed by atoms with Crippen LogP contribution < -0.4 is 97.6 Å². The molecule has 0 saturated carbocycles. The molecule has 0 saturated heterocycles. The van der Waals surface area contributed by atoms with Gasteiger partial charge in [-0.25, -0.2) is 0 Å². The Morgan fingerprint density at radius 1 is 0.253 bits per heavy atom. The Hall–Kier alpha value is -14.7. The second-order valence-corrected chi connectivity index (χ2v) is 37.7. The third-order valence-electron chi connectivity index (χ3n) is 20.7. The van der Waals surface area contributed by atoms with Crippen LogP contribution in [-0.2, 0) is 28.8 Å². The third kappa shape index (κ3) is 33.9. The Morgan fingerprint density at radius 3 is 0.520 bits per heavy atom. The standard InChI is InChI=1S/5C20H20ClN3O4S.C3H7NO/c5*1-11-7-14(8-12(2)18(11)21)28-10-17(25)22-20-23-19(24-29-20)13-5-6-15(26-3)16(9-13)27-4;1-4(2)3-5/h5*5-9H,10H2,1-4H3,(H,22,23,24,25);3H,1-2H3. The van der Waals surface area contributed by atoms with E-state index in [2.05, 4.69) is 73.4 Å². The Kier molecular flexibility index (Phi) is 44.6. The summed E-state index contributed by atoms with van der Waals surface area (Å²) in [5, 5.41) is 18.8. The van der Waals surface area contributed by atoms with Crippen LogP contribution in [0.4, 0.5) is 25.7 Å². The Labute approximate surface area is 911 Å². The van der Waals surface area contributed by atoms with Gasteiger partial charge < -0.3 is 76.0 Å². The van der Waals surface area contributed by atoms with Crippen molar-refractivity contribution in [1.82, 2.24) is 51.7 Å². The molecule has 5 aromatic heterocycles. The van der Waals surface area contributed by atoms with E-state index in [9.17, 15) is 28.8 Å². The van der Waals surface area contributed by atoms with Gasteiger partial charge in [-0.3, -0.25) is 55.4 Å². The first-order valence-electron chi connectivity index (χ1n) is 44.7. The maximum Gasteiger partial charge on any atom is 0.264 e. The highest BCUT2D eigenvalue weighted by Gasteiger charge is 2.23. The van der Waals surface area contributed by atoms with Gasteiger partial charge in [-0.05, 0) is 277 Å². The molecule has 15 rings (SSSR count). The minimum absolute atomic E-state index is 0.147. The number of rotatable bonds is 36. The molecule has 0 bridgehead atoms. The number of ether oxygens (including phenoxy) is 15. The van der Waals surface area contributed by atoms with Gasteiger partial charge >= 0.3 is 0 Å². The van der Waals surface area contributed by atoms with E-state index in [1.165, 1.54) is 4.90 Å². The largest absolute Gasteiger partial charge is 0.493 e. The van der Waals surface area contributed by atoms with Crippen LogP contribution in [-0.4, -0.2) is 206 Å². The molecule has 150 heavy (non-hydrogen) atoms. The summed E-state index contributed by atoms with van der Waals surface area (Å²) in [6.07, 6.45) is 0.750. The van der Waals surface area contributed by atoms with E-state index in [4.69, 9.17) is 129 Å². The second kappa shape index (κ2) is 57.2. The molecule has 0 aliphatic heterocycles. The van der Waals surface area contributed by atoms with Crippen molar-refractivity contribution >= 4 is 177 Å². The zero-order chi connectivity index (χ0) is 109. The van der Waals surface area contributed by atoms with Gasteiger partial charge in [0.25, 0.3) is 29.5 Å². The SMILES string of the molecule is CN(C)C=O.COc1ccc(-c2nsc(NC(=O)COc3cc(C)c(Cl)c(C)c3)n2)cc1OC.COc1ccc(-c2nsc(NC(=O)COc3cc(C)c(Cl)c(C)c3)n2)cc1OC.COc1ccc(-c2nsc(NC(=O)COc3cc(C)c(Cl)c(C)c3)n2)cc1OC.COc1ccc(-c2nsc(NC(=O)COc3cc(C)c(Cl)c(C)c3)n2)cc1OC.COc1ccc(-c2nsc(NC(=O)COc3cc(C)c(Cl)c(C)c3)n2)cc1OC.